The van der Waals surface area contributed by atoms with Crippen LogP contribution in [0.4, 0.5) is 0 Å². The molecule has 1 atom stereocenters. The average Bonchev–Trinajstić information content (AvgIpc) is 1.83. The Balaban J connectivity index is 4.56. The van der Waals surface area contributed by atoms with Crippen molar-refractivity contribution in [1.82, 2.24) is 0 Å². The van der Waals surface area contributed by atoms with Crippen LogP contribution in [0, 0.1) is 17.3 Å². The number of hydrogen-bond acceptors (Lipinski definition) is 2. The second-order valence-electron chi connectivity index (χ2n) is 4.61. The summed E-state index contributed by atoms with van der Waals surface area (Å²) in [4.78, 5) is 11.4. The van der Waals surface area contributed by atoms with Crippen LogP contribution in [0.25, 0.3) is 0 Å². The highest BCUT2D eigenvalue weighted by Crippen LogP contribution is 2.32. The van der Waals surface area contributed by atoms with Gasteiger partial charge in [-0.25, -0.2) is 0 Å². The van der Waals surface area contributed by atoms with Crippen molar-refractivity contribution in [2.75, 3.05) is 7.11 Å². The molecule has 12 heavy (non-hydrogen) atoms. The summed E-state index contributed by atoms with van der Waals surface area (Å²) < 4.78 is 4.76. The first-order valence-electron chi connectivity index (χ1n) is 4.38. The maximum absolute atomic E-state index is 11.4. The van der Waals surface area contributed by atoms with E-state index in [1.165, 1.54) is 7.11 Å². The summed E-state index contributed by atoms with van der Waals surface area (Å²) in [6, 6.07) is 0. The van der Waals surface area contributed by atoms with Gasteiger partial charge in [0.15, 0.2) is 0 Å². The standard InChI is InChI=1S/C10H20O2/c1-7(2)8(9(11)12-6)10(3,4)5/h7-8H,1-6H3/t8-/m0/s1. The van der Waals surface area contributed by atoms with Crippen LogP contribution in [0.1, 0.15) is 34.6 Å². The van der Waals surface area contributed by atoms with Crippen molar-refractivity contribution >= 4 is 5.97 Å². The summed E-state index contributed by atoms with van der Waals surface area (Å²) in [5.41, 5.74) is -0.0126. The molecule has 0 bridgehead atoms. The molecule has 0 aromatic rings. The monoisotopic (exact) mass is 172 g/mol. The van der Waals surface area contributed by atoms with E-state index >= 15 is 0 Å². The molecule has 0 aliphatic heterocycles. The molecule has 0 saturated heterocycles. The van der Waals surface area contributed by atoms with Gasteiger partial charge in [0, 0.05) is 0 Å². The van der Waals surface area contributed by atoms with Crippen molar-refractivity contribution in [2.45, 2.75) is 34.6 Å². The first-order valence-corrected chi connectivity index (χ1v) is 4.38. The molecule has 0 aliphatic rings. The molecule has 2 heteroatoms. The number of esters is 1. The average molecular weight is 172 g/mol. The zero-order valence-electron chi connectivity index (χ0n) is 8.97. The Kier molecular flexibility index (Phi) is 3.75. The molecule has 0 aromatic carbocycles. The van der Waals surface area contributed by atoms with Gasteiger partial charge in [0.25, 0.3) is 0 Å². The van der Waals surface area contributed by atoms with Crippen molar-refractivity contribution in [2.24, 2.45) is 17.3 Å². The molecule has 0 heterocycles. The summed E-state index contributed by atoms with van der Waals surface area (Å²) in [7, 11) is 1.45. The van der Waals surface area contributed by atoms with Crippen molar-refractivity contribution < 1.29 is 9.53 Å². The zero-order chi connectivity index (χ0) is 9.94. The van der Waals surface area contributed by atoms with E-state index in [9.17, 15) is 4.79 Å². The number of methoxy groups -OCH3 is 1. The Morgan fingerprint density at radius 3 is 1.75 bits per heavy atom. The first kappa shape index (κ1) is 11.5. The van der Waals surface area contributed by atoms with Gasteiger partial charge in [-0.05, 0) is 11.3 Å². The molecule has 0 aliphatic carbocycles. The maximum atomic E-state index is 11.4. The highest BCUT2D eigenvalue weighted by atomic mass is 16.5. The molecule has 0 unspecified atom stereocenters. The Morgan fingerprint density at radius 2 is 1.67 bits per heavy atom. The highest BCUT2D eigenvalue weighted by molar-refractivity contribution is 5.73. The van der Waals surface area contributed by atoms with Crippen molar-refractivity contribution in [3.8, 4) is 0 Å². The molecular formula is C10H20O2. The van der Waals surface area contributed by atoms with Crippen LogP contribution in [-0.2, 0) is 9.53 Å². The van der Waals surface area contributed by atoms with E-state index in [1.54, 1.807) is 0 Å². The van der Waals surface area contributed by atoms with E-state index in [-0.39, 0.29) is 17.3 Å². The number of carbonyl (C=O) groups excluding carboxylic acids is 1. The molecule has 0 rings (SSSR count). The molecule has 0 N–H and O–H groups in total. The third-order valence-electron chi connectivity index (χ3n) is 2.05. The highest BCUT2D eigenvalue weighted by Gasteiger charge is 2.34. The second kappa shape index (κ2) is 3.92. The van der Waals surface area contributed by atoms with Crippen LogP contribution in [-0.4, -0.2) is 13.1 Å². The quantitative estimate of drug-likeness (QED) is 0.598. The van der Waals surface area contributed by atoms with E-state index in [1.807, 2.05) is 13.8 Å². The van der Waals surface area contributed by atoms with Crippen LogP contribution in [0.5, 0.6) is 0 Å². The molecule has 0 spiro atoms. The van der Waals surface area contributed by atoms with Gasteiger partial charge >= 0.3 is 5.97 Å². The SMILES string of the molecule is COC(=O)[C@H](C(C)C)C(C)(C)C. The molecule has 0 radical (unpaired) electrons. The topological polar surface area (TPSA) is 26.3 Å². The van der Waals surface area contributed by atoms with Gasteiger partial charge in [-0.3, -0.25) is 4.79 Å². The van der Waals surface area contributed by atoms with Crippen molar-refractivity contribution in [3.63, 3.8) is 0 Å². The third kappa shape index (κ3) is 2.84. The predicted octanol–water partition coefficient (Wildman–Crippen LogP) is 2.48. The lowest BCUT2D eigenvalue weighted by Crippen LogP contribution is -2.33. The molecule has 0 amide bonds. The van der Waals surface area contributed by atoms with E-state index < -0.39 is 0 Å². The minimum Gasteiger partial charge on any atom is -0.469 e. The van der Waals surface area contributed by atoms with E-state index in [4.69, 9.17) is 4.74 Å². The summed E-state index contributed by atoms with van der Waals surface area (Å²) in [5.74, 6) is 0.220. The Labute approximate surface area is 75.3 Å². The maximum Gasteiger partial charge on any atom is 0.309 e. The zero-order valence-corrected chi connectivity index (χ0v) is 8.97. The van der Waals surface area contributed by atoms with Gasteiger partial charge in [0.05, 0.1) is 13.0 Å². The molecule has 2 nitrogen and oxygen atoms in total. The fourth-order valence-electron chi connectivity index (χ4n) is 1.75. The Hall–Kier alpha value is -0.530. The Morgan fingerprint density at radius 1 is 1.25 bits per heavy atom. The second-order valence-corrected chi connectivity index (χ2v) is 4.61. The lowest BCUT2D eigenvalue weighted by Gasteiger charge is -2.31. The van der Waals surface area contributed by atoms with Gasteiger partial charge in [-0.15, -0.1) is 0 Å². The summed E-state index contributed by atoms with van der Waals surface area (Å²) in [6.07, 6.45) is 0. The van der Waals surface area contributed by atoms with E-state index in [0.29, 0.717) is 5.92 Å². The van der Waals surface area contributed by atoms with Crippen LogP contribution in [0.3, 0.4) is 0 Å². The van der Waals surface area contributed by atoms with Crippen molar-refractivity contribution in [1.29, 1.82) is 0 Å². The predicted molar refractivity (Wildman–Crippen MR) is 49.8 cm³/mol. The van der Waals surface area contributed by atoms with Gasteiger partial charge in [0.2, 0.25) is 0 Å². The molecule has 0 saturated carbocycles. The first-order chi connectivity index (χ1) is 5.30. The summed E-state index contributed by atoms with van der Waals surface area (Å²) in [6.45, 7) is 10.3. The van der Waals surface area contributed by atoms with E-state index in [2.05, 4.69) is 20.8 Å². The molecular weight excluding hydrogens is 152 g/mol. The lowest BCUT2D eigenvalue weighted by atomic mass is 9.74. The van der Waals surface area contributed by atoms with Crippen LogP contribution >= 0.6 is 0 Å². The molecule has 0 fully saturated rings. The third-order valence-corrected chi connectivity index (χ3v) is 2.05. The minimum absolute atomic E-state index is 0.0116. The van der Waals surface area contributed by atoms with Crippen LogP contribution in [0.2, 0.25) is 0 Å². The smallest absolute Gasteiger partial charge is 0.309 e. The fourth-order valence-corrected chi connectivity index (χ4v) is 1.75. The van der Waals surface area contributed by atoms with Gasteiger partial charge in [0.1, 0.15) is 0 Å². The van der Waals surface area contributed by atoms with Gasteiger partial charge < -0.3 is 4.74 Å². The van der Waals surface area contributed by atoms with Crippen LogP contribution < -0.4 is 0 Å². The lowest BCUT2D eigenvalue weighted by molar-refractivity contribution is -0.151. The number of rotatable bonds is 2. The summed E-state index contributed by atoms with van der Waals surface area (Å²) in [5, 5.41) is 0. The number of carbonyl (C=O) groups is 1. The molecule has 0 aromatic heterocycles. The van der Waals surface area contributed by atoms with E-state index in [0.717, 1.165) is 0 Å². The number of ether oxygens (including phenoxy) is 1. The normalized spacial score (nSPS) is 14.6. The Bertz CT molecular complexity index is 154. The van der Waals surface area contributed by atoms with Crippen molar-refractivity contribution in [3.05, 3.63) is 0 Å². The molecule has 72 valence electrons. The van der Waals surface area contributed by atoms with Gasteiger partial charge in [-0.1, -0.05) is 34.6 Å². The number of hydrogen-bond donors (Lipinski definition) is 0. The fraction of sp³-hybridized carbons (Fsp3) is 0.900. The summed E-state index contributed by atoms with van der Waals surface area (Å²) >= 11 is 0. The minimum atomic E-state index is -0.0995. The largest absolute Gasteiger partial charge is 0.469 e. The van der Waals surface area contributed by atoms with Crippen LogP contribution in [0.15, 0.2) is 0 Å². The van der Waals surface area contributed by atoms with Gasteiger partial charge in [-0.2, -0.15) is 0 Å².